The van der Waals surface area contributed by atoms with Crippen LogP contribution in [0.2, 0.25) is 0 Å². The maximum atomic E-state index is 12.9. The van der Waals surface area contributed by atoms with Crippen LogP contribution in [0.25, 0.3) is 0 Å². The van der Waals surface area contributed by atoms with Crippen molar-refractivity contribution in [1.82, 2.24) is 5.32 Å². The molecule has 1 saturated heterocycles. The molecule has 3 nitrogen and oxygen atoms in total. The molecule has 1 aliphatic heterocycles. The second-order valence-electron chi connectivity index (χ2n) is 4.64. The number of halogens is 1. The minimum absolute atomic E-state index is 0.211. The van der Waals surface area contributed by atoms with Crippen LogP contribution in [-0.4, -0.2) is 25.7 Å². The van der Waals surface area contributed by atoms with E-state index in [9.17, 15) is 9.18 Å². The molecular formula is C14H18FNO2. The van der Waals surface area contributed by atoms with Crippen LogP contribution in [-0.2, 0) is 4.74 Å². The third-order valence-electron chi connectivity index (χ3n) is 3.19. The summed E-state index contributed by atoms with van der Waals surface area (Å²) < 4.78 is 18.2. The first-order valence-corrected chi connectivity index (χ1v) is 6.37. The molecule has 0 bridgehead atoms. The number of carbonyl (C=O) groups excluding carboxylic acids is 1. The van der Waals surface area contributed by atoms with Crippen molar-refractivity contribution in [2.24, 2.45) is 5.92 Å². The summed E-state index contributed by atoms with van der Waals surface area (Å²) in [6.07, 6.45) is 3.14. The van der Waals surface area contributed by atoms with E-state index >= 15 is 0 Å². The predicted octanol–water partition coefficient (Wildman–Crippen LogP) is 2.37. The van der Waals surface area contributed by atoms with Gasteiger partial charge in [-0.25, -0.2) is 4.39 Å². The van der Waals surface area contributed by atoms with Gasteiger partial charge >= 0.3 is 0 Å². The Balaban J connectivity index is 1.68. The van der Waals surface area contributed by atoms with Crippen molar-refractivity contribution < 1.29 is 13.9 Å². The van der Waals surface area contributed by atoms with Crippen LogP contribution in [0.3, 0.4) is 0 Å². The Bertz CT molecular complexity index is 403. The van der Waals surface area contributed by atoms with Crippen LogP contribution >= 0.6 is 0 Å². The molecule has 2 rings (SSSR count). The van der Waals surface area contributed by atoms with Gasteiger partial charge in [-0.3, -0.25) is 4.79 Å². The third-order valence-corrected chi connectivity index (χ3v) is 3.19. The van der Waals surface area contributed by atoms with E-state index in [1.54, 1.807) is 12.1 Å². The molecule has 0 aromatic heterocycles. The number of benzene rings is 1. The molecule has 4 heteroatoms. The Hall–Kier alpha value is -1.42. The summed E-state index contributed by atoms with van der Waals surface area (Å²) in [4.78, 5) is 11.7. The lowest BCUT2D eigenvalue weighted by molar-refractivity contribution is 0.0952. The van der Waals surface area contributed by atoms with Gasteiger partial charge < -0.3 is 10.1 Å². The second kappa shape index (κ2) is 6.50. The highest BCUT2D eigenvalue weighted by molar-refractivity contribution is 5.94. The summed E-state index contributed by atoms with van der Waals surface area (Å²) >= 11 is 0. The van der Waals surface area contributed by atoms with Gasteiger partial charge in [0.1, 0.15) is 5.82 Å². The van der Waals surface area contributed by atoms with Gasteiger partial charge in [0.2, 0.25) is 0 Å². The van der Waals surface area contributed by atoms with Gasteiger partial charge in [-0.15, -0.1) is 0 Å². The maximum absolute atomic E-state index is 12.9. The fourth-order valence-electron chi connectivity index (χ4n) is 2.14. The Kier molecular flexibility index (Phi) is 4.70. The first-order valence-electron chi connectivity index (χ1n) is 6.37. The topological polar surface area (TPSA) is 38.3 Å². The van der Waals surface area contributed by atoms with Gasteiger partial charge in [0.25, 0.3) is 5.91 Å². The highest BCUT2D eigenvalue weighted by Gasteiger charge is 2.14. The SMILES string of the molecule is O=C(NCCC[C@@H]1CCOC1)c1cccc(F)c1. The lowest BCUT2D eigenvalue weighted by Gasteiger charge is -2.08. The van der Waals surface area contributed by atoms with Gasteiger partial charge in [0.05, 0.1) is 0 Å². The highest BCUT2D eigenvalue weighted by Crippen LogP contribution is 2.17. The van der Waals surface area contributed by atoms with Crippen molar-refractivity contribution in [3.05, 3.63) is 35.6 Å². The molecule has 0 radical (unpaired) electrons. The molecule has 1 amide bonds. The van der Waals surface area contributed by atoms with Gasteiger partial charge in [-0.2, -0.15) is 0 Å². The van der Waals surface area contributed by atoms with Crippen LogP contribution in [0.1, 0.15) is 29.6 Å². The summed E-state index contributed by atoms with van der Waals surface area (Å²) in [6, 6.07) is 5.74. The van der Waals surface area contributed by atoms with Crippen molar-refractivity contribution in [2.75, 3.05) is 19.8 Å². The zero-order chi connectivity index (χ0) is 12.8. The largest absolute Gasteiger partial charge is 0.381 e. The number of carbonyl (C=O) groups is 1. The van der Waals surface area contributed by atoms with Crippen LogP contribution in [0.5, 0.6) is 0 Å². The number of amides is 1. The van der Waals surface area contributed by atoms with Gasteiger partial charge in [0, 0.05) is 25.3 Å². The van der Waals surface area contributed by atoms with Crippen molar-refractivity contribution in [3.63, 3.8) is 0 Å². The van der Waals surface area contributed by atoms with Gasteiger partial charge in [0.15, 0.2) is 0 Å². The van der Waals surface area contributed by atoms with E-state index in [2.05, 4.69) is 5.32 Å². The Morgan fingerprint density at radius 3 is 3.11 bits per heavy atom. The molecule has 0 unspecified atom stereocenters. The quantitative estimate of drug-likeness (QED) is 0.816. The van der Waals surface area contributed by atoms with Crippen LogP contribution in [0.15, 0.2) is 24.3 Å². The van der Waals surface area contributed by atoms with E-state index in [0.717, 1.165) is 32.5 Å². The molecule has 1 aromatic carbocycles. The van der Waals surface area contributed by atoms with E-state index in [1.165, 1.54) is 12.1 Å². The summed E-state index contributed by atoms with van der Waals surface area (Å²) in [5, 5.41) is 2.80. The average Bonchev–Trinajstić information content (AvgIpc) is 2.87. The predicted molar refractivity (Wildman–Crippen MR) is 66.9 cm³/mol. The summed E-state index contributed by atoms with van der Waals surface area (Å²) in [5.74, 6) is 0.0407. The first kappa shape index (κ1) is 13.0. The molecule has 1 fully saturated rings. The molecule has 98 valence electrons. The van der Waals surface area contributed by atoms with Gasteiger partial charge in [-0.1, -0.05) is 6.07 Å². The lowest BCUT2D eigenvalue weighted by Crippen LogP contribution is -2.24. The summed E-state index contributed by atoms with van der Waals surface area (Å²) in [5.41, 5.74) is 0.374. The number of ether oxygens (including phenoxy) is 1. The minimum atomic E-state index is -0.384. The Labute approximate surface area is 106 Å². The van der Waals surface area contributed by atoms with Crippen LogP contribution in [0.4, 0.5) is 4.39 Å². The van der Waals surface area contributed by atoms with Crippen LogP contribution < -0.4 is 5.32 Å². The Morgan fingerprint density at radius 2 is 2.39 bits per heavy atom. The zero-order valence-electron chi connectivity index (χ0n) is 10.3. The van der Waals surface area contributed by atoms with E-state index in [-0.39, 0.29) is 11.7 Å². The third kappa shape index (κ3) is 3.81. The highest BCUT2D eigenvalue weighted by atomic mass is 19.1. The molecule has 1 N–H and O–H groups in total. The van der Waals surface area contributed by atoms with Crippen LogP contribution in [0, 0.1) is 11.7 Å². The number of hydrogen-bond donors (Lipinski definition) is 1. The van der Waals surface area contributed by atoms with Crippen molar-refractivity contribution in [3.8, 4) is 0 Å². The standard InChI is InChI=1S/C14H18FNO2/c15-13-5-1-4-12(9-13)14(17)16-7-2-3-11-6-8-18-10-11/h1,4-5,9,11H,2-3,6-8,10H2,(H,16,17)/t11-/m1/s1. The second-order valence-corrected chi connectivity index (χ2v) is 4.64. The zero-order valence-corrected chi connectivity index (χ0v) is 10.3. The lowest BCUT2D eigenvalue weighted by atomic mass is 10.0. The average molecular weight is 251 g/mol. The fourth-order valence-corrected chi connectivity index (χ4v) is 2.14. The van der Waals surface area contributed by atoms with Gasteiger partial charge in [-0.05, 0) is 43.4 Å². The molecule has 1 aromatic rings. The van der Waals surface area contributed by atoms with E-state index < -0.39 is 0 Å². The van der Waals surface area contributed by atoms with E-state index in [0.29, 0.717) is 18.0 Å². The number of hydrogen-bond acceptors (Lipinski definition) is 2. The molecule has 0 spiro atoms. The molecule has 1 aliphatic rings. The Morgan fingerprint density at radius 1 is 1.50 bits per heavy atom. The molecule has 18 heavy (non-hydrogen) atoms. The van der Waals surface area contributed by atoms with E-state index in [4.69, 9.17) is 4.74 Å². The molecule has 1 atom stereocenters. The summed E-state index contributed by atoms with van der Waals surface area (Å²) in [6.45, 7) is 2.34. The number of nitrogens with one attached hydrogen (secondary N) is 1. The molecule has 0 aliphatic carbocycles. The smallest absolute Gasteiger partial charge is 0.251 e. The first-order chi connectivity index (χ1) is 8.75. The number of rotatable bonds is 5. The van der Waals surface area contributed by atoms with Crippen molar-refractivity contribution in [2.45, 2.75) is 19.3 Å². The minimum Gasteiger partial charge on any atom is -0.381 e. The monoisotopic (exact) mass is 251 g/mol. The normalized spacial score (nSPS) is 18.8. The fraction of sp³-hybridized carbons (Fsp3) is 0.500. The van der Waals surface area contributed by atoms with E-state index in [1.807, 2.05) is 0 Å². The van der Waals surface area contributed by atoms with Crippen molar-refractivity contribution in [1.29, 1.82) is 0 Å². The molecule has 1 heterocycles. The summed E-state index contributed by atoms with van der Waals surface area (Å²) in [7, 11) is 0. The molecule has 0 saturated carbocycles. The van der Waals surface area contributed by atoms with Crippen molar-refractivity contribution >= 4 is 5.91 Å². The molecular weight excluding hydrogens is 233 g/mol. The maximum Gasteiger partial charge on any atom is 0.251 e.